The van der Waals surface area contributed by atoms with Gasteiger partial charge in [0.15, 0.2) is 0 Å². The van der Waals surface area contributed by atoms with Gasteiger partial charge in [0.1, 0.15) is 0 Å². The zero-order valence-electron chi connectivity index (χ0n) is 7.34. The summed E-state index contributed by atoms with van der Waals surface area (Å²) in [6.07, 6.45) is 2.78. The Morgan fingerprint density at radius 1 is 1.36 bits per heavy atom. The molecule has 0 spiro atoms. The van der Waals surface area contributed by atoms with Gasteiger partial charge in [-0.15, -0.1) is 0 Å². The lowest BCUT2D eigenvalue weighted by molar-refractivity contribution is 0.109. The zero-order valence-corrected chi connectivity index (χ0v) is 7.34. The van der Waals surface area contributed by atoms with Crippen LogP contribution in [0.2, 0.25) is 0 Å². The van der Waals surface area contributed by atoms with Crippen molar-refractivity contribution >= 4 is 0 Å². The van der Waals surface area contributed by atoms with E-state index in [4.69, 9.17) is 4.74 Å². The van der Waals surface area contributed by atoms with E-state index in [1.54, 1.807) is 0 Å². The Morgan fingerprint density at radius 2 is 2.09 bits per heavy atom. The van der Waals surface area contributed by atoms with Crippen LogP contribution in [-0.4, -0.2) is 19.8 Å². The minimum absolute atomic E-state index is 0.0474. The molecule has 2 nitrogen and oxygen atoms in total. The van der Waals surface area contributed by atoms with Crippen molar-refractivity contribution < 1.29 is 9.84 Å². The number of ether oxygens (including phenoxy) is 1. The molecule has 0 aromatic heterocycles. The Bertz CT molecular complexity index is 72.0. The van der Waals surface area contributed by atoms with E-state index in [1.807, 2.05) is 6.92 Å². The highest BCUT2D eigenvalue weighted by Gasteiger charge is 1.93. The molecule has 1 atom stereocenters. The lowest BCUT2D eigenvalue weighted by atomic mass is 10.2. The second-order valence-corrected chi connectivity index (χ2v) is 2.94. The fourth-order valence-electron chi connectivity index (χ4n) is 0.767. The number of rotatable bonds is 7. The second kappa shape index (κ2) is 8.02. The fraction of sp³-hybridized carbons (Fsp3) is 0.889. The second-order valence-electron chi connectivity index (χ2n) is 2.94. The van der Waals surface area contributed by atoms with Gasteiger partial charge in [0.05, 0.1) is 6.61 Å². The van der Waals surface area contributed by atoms with E-state index in [9.17, 15) is 5.11 Å². The van der Waals surface area contributed by atoms with Gasteiger partial charge in [-0.2, -0.15) is 0 Å². The van der Waals surface area contributed by atoms with Gasteiger partial charge in [0.2, 0.25) is 0 Å². The maximum absolute atomic E-state index is 10.0. The summed E-state index contributed by atoms with van der Waals surface area (Å²) in [5.41, 5.74) is 0. The van der Waals surface area contributed by atoms with Crippen molar-refractivity contribution in [3.8, 4) is 0 Å². The third-order valence-electron chi connectivity index (χ3n) is 1.34. The Labute approximate surface area is 69.6 Å². The van der Waals surface area contributed by atoms with Gasteiger partial charge < -0.3 is 4.74 Å². The van der Waals surface area contributed by atoms with E-state index in [0.29, 0.717) is 5.92 Å². The number of hydrogen-bond donors (Lipinski definition) is 0. The molecular formula is C9H18O2. The monoisotopic (exact) mass is 158 g/mol. The van der Waals surface area contributed by atoms with Crippen LogP contribution in [0.1, 0.15) is 26.2 Å². The molecule has 0 saturated carbocycles. The van der Waals surface area contributed by atoms with Crippen molar-refractivity contribution in [2.24, 2.45) is 5.92 Å². The minimum atomic E-state index is 0.0474. The fourth-order valence-corrected chi connectivity index (χ4v) is 0.767. The van der Waals surface area contributed by atoms with Crippen molar-refractivity contribution in [1.82, 2.24) is 0 Å². The summed E-state index contributed by atoms with van der Waals surface area (Å²) in [7, 11) is 0. The number of unbranched alkanes of at least 4 members (excludes halogenated alkanes) is 2. The molecule has 2 radical (unpaired) electrons. The first kappa shape index (κ1) is 10.9. The van der Waals surface area contributed by atoms with Crippen molar-refractivity contribution in [2.75, 3.05) is 19.8 Å². The van der Waals surface area contributed by atoms with Crippen LogP contribution in [0.25, 0.3) is 0 Å². The van der Waals surface area contributed by atoms with E-state index in [-0.39, 0.29) is 6.61 Å². The third-order valence-corrected chi connectivity index (χ3v) is 1.34. The maximum Gasteiger partial charge on any atom is 0.0822 e. The molecule has 0 aromatic rings. The van der Waals surface area contributed by atoms with Gasteiger partial charge in [-0.1, -0.05) is 6.92 Å². The van der Waals surface area contributed by atoms with Crippen molar-refractivity contribution in [2.45, 2.75) is 26.2 Å². The summed E-state index contributed by atoms with van der Waals surface area (Å²) in [5, 5.41) is 10.0. The van der Waals surface area contributed by atoms with Crippen LogP contribution in [0.4, 0.5) is 0 Å². The first-order chi connectivity index (χ1) is 5.27. The van der Waals surface area contributed by atoms with Crippen LogP contribution in [0, 0.1) is 12.8 Å². The minimum Gasteiger partial charge on any atom is -0.381 e. The molecule has 0 aromatic carbocycles. The van der Waals surface area contributed by atoms with E-state index in [1.165, 1.54) is 0 Å². The Kier molecular flexibility index (Phi) is 7.96. The first-order valence-corrected chi connectivity index (χ1v) is 4.26. The molecule has 0 amide bonds. The molecule has 0 aliphatic heterocycles. The van der Waals surface area contributed by atoms with Crippen LogP contribution < -0.4 is 0 Å². The van der Waals surface area contributed by atoms with Crippen molar-refractivity contribution in [3.63, 3.8) is 0 Å². The Hall–Kier alpha value is -0.0800. The van der Waals surface area contributed by atoms with Crippen molar-refractivity contribution in [1.29, 1.82) is 0 Å². The van der Waals surface area contributed by atoms with Gasteiger partial charge >= 0.3 is 0 Å². The zero-order chi connectivity index (χ0) is 8.53. The lowest BCUT2D eigenvalue weighted by Gasteiger charge is -2.05. The molecule has 0 fully saturated rings. The molecule has 0 N–H and O–H groups in total. The molecule has 2 heteroatoms. The number of hydrogen-bond acceptors (Lipinski definition) is 1. The maximum atomic E-state index is 10.0. The summed E-state index contributed by atoms with van der Waals surface area (Å²) in [6.45, 7) is 7.38. The predicted octanol–water partition coefficient (Wildman–Crippen LogP) is 2.07. The normalized spacial score (nSPS) is 10.9. The largest absolute Gasteiger partial charge is 0.381 e. The SMILES string of the molecule is [CH2]C(C)COCCCCC[O]. The van der Waals surface area contributed by atoms with Crippen molar-refractivity contribution in [3.05, 3.63) is 6.92 Å². The third kappa shape index (κ3) is 9.92. The quantitative estimate of drug-likeness (QED) is 0.521. The Morgan fingerprint density at radius 3 is 2.64 bits per heavy atom. The summed E-state index contributed by atoms with van der Waals surface area (Å²) in [4.78, 5) is 0. The highest BCUT2D eigenvalue weighted by Crippen LogP contribution is 1.97. The highest BCUT2D eigenvalue weighted by atomic mass is 16.5. The standard InChI is InChI=1S/C9H18O2/c1-9(2)8-11-7-5-3-4-6-10/h9H,1,3-8H2,2H3. The molecule has 0 aliphatic rings. The van der Waals surface area contributed by atoms with Crippen LogP contribution in [0.3, 0.4) is 0 Å². The van der Waals surface area contributed by atoms with Gasteiger partial charge in [-0.25, -0.2) is 5.11 Å². The van der Waals surface area contributed by atoms with E-state index in [0.717, 1.165) is 32.5 Å². The summed E-state index contributed by atoms with van der Waals surface area (Å²) >= 11 is 0. The molecule has 0 heterocycles. The van der Waals surface area contributed by atoms with Crippen LogP contribution in [0.5, 0.6) is 0 Å². The Balaban J connectivity index is 2.80. The summed E-state index contributed by atoms with van der Waals surface area (Å²) in [5.74, 6) is 0.370. The predicted molar refractivity (Wildman–Crippen MR) is 44.7 cm³/mol. The topological polar surface area (TPSA) is 29.1 Å². The molecule has 66 valence electrons. The molecule has 0 saturated heterocycles. The molecule has 0 rings (SSSR count). The van der Waals surface area contributed by atoms with Crippen LogP contribution >= 0.6 is 0 Å². The van der Waals surface area contributed by atoms with Crippen LogP contribution in [-0.2, 0) is 9.84 Å². The molecule has 0 bridgehead atoms. The van der Waals surface area contributed by atoms with E-state index < -0.39 is 0 Å². The highest BCUT2D eigenvalue weighted by molar-refractivity contribution is 4.50. The first-order valence-electron chi connectivity index (χ1n) is 4.26. The van der Waals surface area contributed by atoms with E-state index in [2.05, 4.69) is 6.92 Å². The average molecular weight is 158 g/mol. The molecule has 11 heavy (non-hydrogen) atoms. The smallest absolute Gasteiger partial charge is 0.0822 e. The molecule has 0 aliphatic carbocycles. The average Bonchev–Trinajstić information content (AvgIpc) is 1.96. The summed E-state index contributed by atoms with van der Waals surface area (Å²) in [6, 6.07) is 0. The van der Waals surface area contributed by atoms with Gasteiger partial charge in [0.25, 0.3) is 0 Å². The van der Waals surface area contributed by atoms with Gasteiger partial charge in [0, 0.05) is 13.2 Å². The molecular weight excluding hydrogens is 140 g/mol. The van der Waals surface area contributed by atoms with Gasteiger partial charge in [-0.3, -0.25) is 0 Å². The van der Waals surface area contributed by atoms with E-state index >= 15 is 0 Å². The summed E-state index contributed by atoms with van der Waals surface area (Å²) < 4.78 is 5.28. The molecule has 1 unspecified atom stereocenters. The lowest BCUT2D eigenvalue weighted by Crippen LogP contribution is -2.03. The van der Waals surface area contributed by atoms with Crippen LogP contribution in [0.15, 0.2) is 0 Å². The van der Waals surface area contributed by atoms with Gasteiger partial charge in [-0.05, 0) is 32.1 Å².